The maximum absolute atomic E-state index is 13.5. The van der Waals surface area contributed by atoms with Crippen LogP contribution >= 0.6 is 0 Å². The summed E-state index contributed by atoms with van der Waals surface area (Å²) in [5.41, 5.74) is 8.42. The van der Waals surface area contributed by atoms with E-state index in [0.717, 1.165) is 62.9 Å². The van der Waals surface area contributed by atoms with Crippen molar-refractivity contribution >= 4 is 0 Å². The molecule has 0 N–H and O–H groups in total. The smallest absolute Gasteiger partial charge is 0.171 e. The van der Waals surface area contributed by atoms with E-state index in [1.54, 1.807) is 0 Å². The highest BCUT2D eigenvalue weighted by Crippen LogP contribution is 2.62. The number of rotatable bonds is 8. The number of fused-ring (bicyclic) bond motifs is 6. The first kappa shape index (κ1) is 30.6. The van der Waals surface area contributed by atoms with E-state index < -0.39 is 36.0 Å². The third kappa shape index (κ3) is 5.01. The highest BCUT2D eigenvalue weighted by atomic mass is 19.4. The van der Waals surface area contributed by atoms with E-state index in [0.29, 0.717) is 0 Å². The van der Waals surface area contributed by atoms with Crippen molar-refractivity contribution < 1.29 is 26.3 Å². The first-order valence-corrected chi connectivity index (χ1v) is 16.0. The van der Waals surface area contributed by atoms with Crippen LogP contribution in [0.5, 0.6) is 0 Å². The molecule has 0 aromatic heterocycles. The lowest BCUT2D eigenvalue weighted by atomic mass is 9.65. The van der Waals surface area contributed by atoms with Gasteiger partial charge in [-0.25, -0.2) is 0 Å². The Labute approximate surface area is 265 Å². The minimum atomic E-state index is -4.35. The predicted octanol–water partition coefficient (Wildman–Crippen LogP) is 12.0. The molecule has 236 valence electrons. The van der Waals surface area contributed by atoms with Crippen LogP contribution in [0.3, 0.4) is 0 Å². The topological polar surface area (TPSA) is 0 Å². The van der Waals surface area contributed by atoms with Crippen LogP contribution in [0.4, 0.5) is 26.3 Å². The molecule has 6 heteroatoms. The summed E-state index contributed by atoms with van der Waals surface area (Å²) in [6, 6.07) is 30.6. The maximum atomic E-state index is 13.5. The molecule has 0 nitrogen and oxygen atoms in total. The van der Waals surface area contributed by atoms with Gasteiger partial charge in [-0.1, -0.05) is 97.1 Å². The van der Waals surface area contributed by atoms with Gasteiger partial charge in [0.1, 0.15) is 0 Å². The van der Waals surface area contributed by atoms with Crippen LogP contribution in [0, 0.1) is 0 Å². The fourth-order valence-corrected chi connectivity index (χ4v) is 8.44. The van der Waals surface area contributed by atoms with Gasteiger partial charge in [0.05, 0.1) is 5.41 Å². The summed E-state index contributed by atoms with van der Waals surface area (Å²) in [6.45, 7) is 0. The summed E-state index contributed by atoms with van der Waals surface area (Å²) < 4.78 is 80.8. The fourth-order valence-electron chi connectivity index (χ4n) is 8.44. The van der Waals surface area contributed by atoms with Crippen molar-refractivity contribution in [1.29, 1.82) is 0 Å². The van der Waals surface area contributed by atoms with E-state index in [4.69, 9.17) is 0 Å². The molecule has 3 aliphatic rings. The van der Waals surface area contributed by atoms with Gasteiger partial charge in [-0.15, -0.1) is 0 Å². The summed E-state index contributed by atoms with van der Waals surface area (Å²) in [5, 5.41) is 0. The zero-order valence-corrected chi connectivity index (χ0v) is 25.3. The standard InChI is InChI=1S/C40H34F6/c41-38(42,43)23-11-21-37(22-12-24-39(44,45)46)33-19-9-7-17-29(33)31-26-36-32(25-35(31)37)30-18-8-10-20-34(30)40(36,27-13-3-1-4-14-27)28-15-5-2-6-16-28/h1,3-5,7-10,13-20,25-26H,2,6,11-12,21-24H2. The minimum absolute atomic E-state index is 0.118. The lowest BCUT2D eigenvalue weighted by Crippen LogP contribution is -2.30. The molecule has 7 rings (SSSR count). The molecule has 46 heavy (non-hydrogen) atoms. The first-order valence-electron chi connectivity index (χ1n) is 16.0. The summed E-state index contributed by atoms with van der Waals surface area (Å²) in [5.74, 6) is 0. The minimum Gasteiger partial charge on any atom is -0.171 e. The Morgan fingerprint density at radius 2 is 1.09 bits per heavy atom. The molecule has 1 atom stereocenters. The zero-order valence-electron chi connectivity index (χ0n) is 25.3. The summed E-state index contributed by atoms with van der Waals surface area (Å²) in [4.78, 5) is 0. The van der Waals surface area contributed by atoms with E-state index in [-0.39, 0.29) is 25.7 Å². The average molecular weight is 629 g/mol. The van der Waals surface area contributed by atoms with E-state index in [1.165, 1.54) is 5.57 Å². The summed E-state index contributed by atoms with van der Waals surface area (Å²) >= 11 is 0. The molecule has 0 bridgehead atoms. The second-order valence-electron chi connectivity index (χ2n) is 12.8. The van der Waals surface area contributed by atoms with Gasteiger partial charge in [0.25, 0.3) is 0 Å². The molecule has 4 aromatic rings. The number of hydrogen-bond acceptors (Lipinski definition) is 0. The van der Waals surface area contributed by atoms with E-state index in [2.05, 4.69) is 54.6 Å². The molecule has 4 aromatic carbocycles. The van der Waals surface area contributed by atoms with E-state index >= 15 is 0 Å². The third-order valence-corrected chi connectivity index (χ3v) is 10.2. The lowest BCUT2D eigenvalue weighted by molar-refractivity contribution is -0.136. The predicted molar refractivity (Wildman–Crippen MR) is 171 cm³/mol. The second-order valence-corrected chi connectivity index (χ2v) is 12.8. The van der Waals surface area contributed by atoms with Crippen molar-refractivity contribution in [3.63, 3.8) is 0 Å². The molecule has 0 saturated heterocycles. The second kappa shape index (κ2) is 11.3. The van der Waals surface area contributed by atoms with Crippen molar-refractivity contribution in [1.82, 2.24) is 0 Å². The molecular formula is C40H34F6. The lowest BCUT2D eigenvalue weighted by Gasteiger charge is -2.36. The number of halogens is 6. The Bertz CT molecular complexity index is 1800. The van der Waals surface area contributed by atoms with Gasteiger partial charge in [0.15, 0.2) is 0 Å². The molecule has 0 spiro atoms. The number of hydrogen-bond donors (Lipinski definition) is 0. The molecule has 0 aliphatic heterocycles. The van der Waals surface area contributed by atoms with Gasteiger partial charge >= 0.3 is 12.4 Å². The van der Waals surface area contributed by atoms with Crippen LogP contribution in [0.1, 0.15) is 79.2 Å². The normalized spacial score (nSPS) is 19.3. The number of benzene rings is 4. The van der Waals surface area contributed by atoms with E-state index in [9.17, 15) is 26.3 Å². The van der Waals surface area contributed by atoms with E-state index in [1.807, 2.05) is 54.6 Å². The van der Waals surface area contributed by atoms with Crippen LogP contribution in [-0.2, 0) is 10.8 Å². The SMILES string of the molecule is FC(F)(F)CCCC1(CCCC(F)(F)F)c2ccccc2-c2cc3c(cc21)-c1ccccc1C3(C1=CCCC=C1)c1ccccc1. The van der Waals surface area contributed by atoms with Crippen molar-refractivity contribution in [2.45, 2.75) is 74.5 Å². The van der Waals surface area contributed by atoms with Crippen LogP contribution in [0.15, 0.2) is 115 Å². The van der Waals surface area contributed by atoms with Crippen molar-refractivity contribution in [3.8, 4) is 22.3 Å². The molecule has 0 heterocycles. The highest BCUT2D eigenvalue weighted by molar-refractivity contribution is 5.92. The van der Waals surface area contributed by atoms with Crippen molar-refractivity contribution in [2.75, 3.05) is 0 Å². The molecular weight excluding hydrogens is 594 g/mol. The fraction of sp³-hybridized carbons (Fsp3) is 0.300. The van der Waals surface area contributed by atoms with Gasteiger partial charge in [-0.3, -0.25) is 0 Å². The molecule has 0 saturated carbocycles. The highest BCUT2D eigenvalue weighted by Gasteiger charge is 2.50. The van der Waals surface area contributed by atoms with Crippen LogP contribution in [0.25, 0.3) is 22.3 Å². The number of alkyl halides is 6. The van der Waals surface area contributed by atoms with Gasteiger partial charge in [-0.2, -0.15) is 26.3 Å². The van der Waals surface area contributed by atoms with Gasteiger partial charge in [-0.05, 0) is 106 Å². The summed E-state index contributed by atoms with van der Waals surface area (Å²) in [6.07, 6.45) is -2.15. The Morgan fingerprint density at radius 1 is 0.543 bits per heavy atom. The Balaban J connectivity index is 1.49. The molecule has 0 fully saturated rings. The Kier molecular flexibility index (Phi) is 7.53. The third-order valence-electron chi connectivity index (χ3n) is 10.2. The maximum Gasteiger partial charge on any atom is 0.389 e. The Hall–Kier alpha value is -4.06. The molecule has 3 aliphatic carbocycles. The zero-order chi connectivity index (χ0) is 32.2. The Morgan fingerprint density at radius 3 is 1.70 bits per heavy atom. The largest absolute Gasteiger partial charge is 0.389 e. The van der Waals surface area contributed by atoms with Crippen molar-refractivity contribution in [2.24, 2.45) is 0 Å². The molecule has 0 radical (unpaired) electrons. The monoisotopic (exact) mass is 628 g/mol. The van der Waals surface area contributed by atoms with Gasteiger partial charge in [0.2, 0.25) is 0 Å². The van der Waals surface area contributed by atoms with Gasteiger partial charge in [0, 0.05) is 18.3 Å². The van der Waals surface area contributed by atoms with Gasteiger partial charge < -0.3 is 0 Å². The van der Waals surface area contributed by atoms with Crippen LogP contribution < -0.4 is 0 Å². The molecule has 0 amide bonds. The van der Waals surface area contributed by atoms with Crippen molar-refractivity contribution in [3.05, 3.63) is 143 Å². The summed E-state index contributed by atoms with van der Waals surface area (Å²) in [7, 11) is 0. The quantitative estimate of drug-likeness (QED) is 0.170. The first-order chi connectivity index (χ1) is 22.0. The number of allylic oxidation sites excluding steroid dienone is 4. The molecule has 1 unspecified atom stereocenters. The van der Waals surface area contributed by atoms with Crippen LogP contribution in [-0.4, -0.2) is 12.4 Å². The van der Waals surface area contributed by atoms with Crippen LogP contribution in [0.2, 0.25) is 0 Å². The average Bonchev–Trinajstić information content (AvgIpc) is 3.47.